The molecule has 1 aromatic rings. The summed E-state index contributed by atoms with van der Waals surface area (Å²) in [5.74, 6) is -0.883. The van der Waals surface area contributed by atoms with Crippen LogP contribution in [-0.2, 0) is 4.79 Å². The number of aliphatic carboxylic acids is 1. The van der Waals surface area contributed by atoms with Gasteiger partial charge in [-0.2, -0.15) is 0 Å². The van der Waals surface area contributed by atoms with Crippen LogP contribution in [0.5, 0.6) is 0 Å². The number of anilines is 1. The van der Waals surface area contributed by atoms with Crippen LogP contribution in [0.25, 0.3) is 0 Å². The summed E-state index contributed by atoms with van der Waals surface area (Å²) >= 11 is 0. The van der Waals surface area contributed by atoms with Crippen molar-refractivity contribution in [3.8, 4) is 0 Å². The summed E-state index contributed by atoms with van der Waals surface area (Å²) in [4.78, 5) is 22.4. The molecule has 1 rings (SSSR count). The Kier molecular flexibility index (Phi) is 6.03. The van der Waals surface area contributed by atoms with Crippen molar-refractivity contribution in [3.05, 3.63) is 29.3 Å². The van der Waals surface area contributed by atoms with Gasteiger partial charge in [-0.15, -0.1) is 0 Å². The molecule has 1 atom stereocenters. The number of aryl methyl sites for hydroxylation is 2. The van der Waals surface area contributed by atoms with Gasteiger partial charge < -0.3 is 15.7 Å². The quantitative estimate of drug-likeness (QED) is 0.748. The Hall–Kier alpha value is -2.04. The zero-order valence-electron chi connectivity index (χ0n) is 12.2. The third-order valence-electron chi connectivity index (χ3n) is 3.36. The molecule has 0 radical (unpaired) electrons. The summed E-state index contributed by atoms with van der Waals surface area (Å²) in [6, 6.07) is 5.39. The molecule has 0 saturated heterocycles. The lowest BCUT2D eigenvalue weighted by molar-refractivity contribution is -0.138. The fraction of sp³-hybridized carbons (Fsp3) is 0.467. The number of amides is 2. The van der Waals surface area contributed by atoms with Gasteiger partial charge in [0.2, 0.25) is 0 Å². The van der Waals surface area contributed by atoms with E-state index in [4.69, 9.17) is 5.11 Å². The molecule has 0 aliphatic carbocycles. The van der Waals surface area contributed by atoms with Gasteiger partial charge in [-0.25, -0.2) is 4.79 Å². The third kappa shape index (κ3) is 5.30. The predicted molar refractivity (Wildman–Crippen MR) is 79.0 cm³/mol. The molecule has 0 fully saturated rings. The molecular formula is C15H22N2O3. The SMILES string of the molecule is CCC(CNC(=O)Nc1ccc(C)c(C)c1)CC(=O)O. The first-order chi connectivity index (χ1) is 9.42. The molecule has 5 heteroatoms. The second kappa shape index (κ2) is 7.53. The van der Waals surface area contributed by atoms with Crippen LogP contribution < -0.4 is 10.6 Å². The maximum Gasteiger partial charge on any atom is 0.319 e. The maximum absolute atomic E-state index is 11.7. The highest BCUT2D eigenvalue weighted by molar-refractivity contribution is 5.89. The van der Waals surface area contributed by atoms with E-state index in [0.29, 0.717) is 6.54 Å². The molecule has 5 nitrogen and oxygen atoms in total. The largest absolute Gasteiger partial charge is 0.481 e. The van der Waals surface area contributed by atoms with Gasteiger partial charge in [-0.05, 0) is 43.0 Å². The van der Waals surface area contributed by atoms with Crippen LogP contribution >= 0.6 is 0 Å². The van der Waals surface area contributed by atoms with Crippen LogP contribution in [0.1, 0.15) is 30.9 Å². The van der Waals surface area contributed by atoms with E-state index in [2.05, 4.69) is 10.6 Å². The van der Waals surface area contributed by atoms with Gasteiger partial charge in [0.15, 0.2) is 0 Å². The Morgan fingerprint density at radius 3 is 2.50 bits per heavy atom. The van der Waals surface area contributed by atoms with Gasteiger partial charge in [-0.1, -0.05) is 19.4 Å². The van der Waals surface area contributed by atoms with Crippen molar-refractivity contribution < 1.29 is 14.7 Å². The Morgan fingerprint density at radius 1 is 1.25 bits per heavy atom. The molecule has 0 aliphatic rings. The Balaban J connectivity index is 2.46. The highest BCUT2D eigenvalue weighted by Gasteiger charge is 2.12. The molecule has 3 N–H and O–H groups in total. The van der Waals surface area contributed by atoms with E-state index in [1.807, 2.05) is 39.0 Å². The summed E-state index contributed by atoms with van der Waals surface area (Å²) < 4.78 is 0. The molecule has 0 heterocycles. The molecule has 0 bridgehead atoms. The van der Waals surface area contributed by atoms with Crippen molar-refractivity contribution in [2.24, 2.45) is 5.92 Å². The van der Waals surface area contributed by atoms with Crippen molar-refractivity contribution in [2.45, 2.75) is 33.6 Å². The third-order valence-corrected chi connectivity index (χ3v) is 3.36. The fourth-order valence-electron chi connectivity index (χ4n) is 1.84. The van der Waals surface area contributed by atoms with Crippen molar-refractivity contribution in [3.63, 3.8) is 0 Å². The first-order valence-electron chi connectivity index (χ1n) is 6.76. The molecule has 1 unspecified atom stereocenters. The van der Waals surface area contributed by atoms with Crippen LogP contribution in [0.15, 0.2) is 18.2 Å². The lowest BCUT2D eigenvalue weighted by atomic mass is 10.0. The van der Waals surface area contributed by atoms with Gasteiger partial charge in [0.05, 0.1) is 0 Å². The average Bonchev–Trinajstić information content (AvgIpc) is 2.38. The number of hydrogen-bond acceptors (Lipinski definition) is 2. The molecule has 110 valence electrons. The lowest BCUT2D eigenvalue weighted by Crippen LogP contribution is -2.33. The summed E-state index contributed by atoms with van der Waals surface area (Å²) in [6.07, 6.45) is 0.788. The van der Waals surface area contributed by atoms with Gasteiger partial charge >= 0.3 is 12.0 Å². The zero-order chi connectivity index (χ0) is 15.1. The number of rotatable bonds is 6. The molecule has 0 aliphatic heterocycles. The van der Waals surface area contributed by atoms with E-state index in [-0.39, 0.29) is 18.4 Å². The minimum absolute atomic E-state index is 0.0435. The Morgan fingerprint density at radius 2 is 1.95 bits per heavy atom. The van der Waals surface area contributed by atoms with Gasteiger partial charge in [0, 0.05) is 18.7 Å². The molecule has 0 aromatic heterocycles. The fourth-order valence-corrected chi connectivity index (χ4v) is 1.84. The maximum atomic E-state index is 11.7. The predicted octanol–water partition coefficient (Wildman–Crippen LogP) is 2.93. The number of hydrogen-bond donors (Lipinski definition) is 3. The molecular weight excluding hydrogens is 256 g/mol. The van der Waals surface area contributed by atoms with E-state index >= 15 is 0 Å². The highest BCUT2D eigenvalue weighted by Crippen LogP contribution is 2.14. The topological polar surface area (TPSA) is 78.4 Å². The van der Waals surface area contributed by atoms with E-state index in [1.165, 1.54) is 5.56 Å². The zero-order valence-corrected chi connectivity index (χ0v) is 12.2. The summed E-state index contributed by atoms with van der Waals surface area (Å²) in [6.45, 7) is 6.27. The Bertz CT molecular complexity index is 486. The summed E-state index contributed by atoms with van der Waals surface area (Å²) in [5, 5.41) is 14.2. The minimum Gasteiger partial charge on any atom is -0.481 e. The van der Waals surface area contributed by atoms with Crippen LogP contribution in [0.4, 0.5) is 10.5 Å². The summed E-state index contributed by atoms with van der Waals surface area (Å²) in [5.41, 5.74) is 3.01. The number of carbonyl (C=O) groups is 2. The van der Waals surface area contributed by atoms with Crippen LogP contribution in [-0.4, -0.2) is 23.7 Å². The second-order valence-electron chi connectivity index (χ2n) is 5.01. The molecule has 1 aromatic carbocycles. The number of carboxylic acids is 1. The molecule has 0 saturated carbocycles. The smallest absolute Gasteiger partial charge is 0.319 e. The van der Waals surface area contributed by atoms with E-state index < -0.39 is 5.97 Å². The van der Waals surface area contributed by atoms with Crippen molar-refractivity contribution in [1.29, 1.82) is 0 Å². The first kappa shape index (κ1) is 16.0. The molecule has 20 heavy (non-hydrogen) atoms. The van der Waals surface area contributed by atoms with Crippen molar-refractivity contribution in [2.75, 3.05) is 11.9 Å². The van der Waals surface area contributed by atoms with Crippen LogP contribution in [0, 0.1) is 19.8 Å². The van der Waals surface area contributed by atoms with Crippen LogP contribution in [0.2, 0.25) is 0 Å². The molecule has 2 amide bonds. The highest BCUT2D eigenvalue weighted by atomic mass is 16.4. The van der Waals surface area contributed by atoms with E-state index in [0.717, 1.165) is 17.7 Å². The first-order valence-corrected chi connectivity index (χ1v) is 6.76. The standard InChI is InChI=1S/C15H22N2O3/c1-4-12(8-14(18)19)9-16-15(20)17-13-6-5-10(2)11(3)7-13/h5-7,12H,4,8-9H2,1-3H3,(H,18,19)(H2,16,17,20). The number of nitrogens with one attached hydrogen (secondary N) is 2. The van der Waals surface area contributed by atoms with Crippen LogP contribution in [0.3, 0.4) is 0 Å². The average molecular weight is 278 g/mol. The summed E-state index contributed by atoms with van der Waals surface area (Å²) in [7, 11) is 0. The van der Waals surface area contributed by atoms with Gasteiger partial charge in [0.25, 0.3) is 0 Å². The minimum atomic E-state index is -0.840. The number of urea groups is 1. The van der Waals surface area contributed by atoms with Crippen molar-refractivity contribution >= 4 is 17.7 Å². The number of carbonyl (C=O) groups excluding carboxylic acids is 1. The van der Waals surface area contributed by atoms with E-state index in [1.54, 1.807) is 0 Å². The number of benzene rings is 1. The second-order valence-corrected chi connectivity index (χ2v) is 5.01. The van der Waals surface area contributed by atoms with E-state index in [9.17, 15) is 9.59 Å². The van der Waals surface area contributed by atoms with Gasteiger partial charge in [-0.3, -0.25) is 4.79 Å². The lowest BCUT2D eigenvalue weighted by Gasteiger charge is -2.14. The number of carboxylic acid groups (broad SMARTS) is 1. The normalized spacial score (nSPS) is 11.8. The Labute approximate surface area is 119 Å². The van der Waals surface area contributed by atoms with Crippen molar-refractivity contribution in [1.82, 2.24) is 5.32 Å². The molecule has 0 spiro atoms. The monoisotopic (exact) mass is 278 g/mol. The van der Waals surface area contributed by atoms with Gasteiger partial charge in [0.1, 0.15) is 0 Å².